The Labute approximate surface area is 124 Å². The molecule has 2 N–H and O–H groups in total. The minimum Gasteiger partial charge on any atom is -0.493 e. The van der Waals surface area contributed by atoms with Gasteiger partial charge in [-0.25, -0.2) is 0 Å². The van der Waals surface area contributed by atoms with E-state index in [9.17, 15) is 0 Å². The van der Waals surface area contributed by atoms with E-state index >= 15 is 0 Å². The number of aryl methyl sites for hydroxylation is 1. The quantitative estimate of drug-likeness (QED) is 0.644. The van der Waals surface area contributed by atoms with E-state index in [0.717, 1.165) is 34.2 Å². The van der Waals surface area contributed by atoms with Crippen molar-refractivity contribution >= 4 is 17.3 Å². The summed E-state index contributed by atoms with van der Waals surface area (Å²) in [5.74, 6) is 1.65. The van der Waals surface area contributed by atoms with Crippen LogP contribution in [0.25, 0.3) is 0 Å². The number of halogens is 1. The van der Waals surface area contributed by atoms with Crippen molar-refractivity contribution in [1.82, 2.24) is 0 Å². The van der Waals surface area contributed by atoms with Gasteiger partial charge in [-0.3, -0.25) is 0 Å². The Morgan fingerprint density at radius 1 is 0.950 bits per heavy atom. The first-order chi connectivity index (χ1) is 9.65. The molecule has 0 spiro atoms. The van der Waals surface area contributed by atoms with Crippen LogP contribution in [-0.4, -0.2) is 13.2 Å². The van der Waals surface area contributed by atoms with Crippen LogP contribution in [0, 0.1) is 6.92 Å². The van der Waals surface area contributed by atoms with Crippen LogP contribution in [0.15, 0.2) is 42.5 Å². The van der Waals surface area contributed by atoms with E-state index < -0.39 is 0 Å². The van der Waals surface area contributed by atoms with Crippen molar-refractivity contribution in [3.8, 4) is 11.5 Å². The molecule has 4 heteroatoms. The second kappa shape index (κ2) is 7.06. The molecule has 0 heterocycles. The number of nitrogen functional groups attached to an aromatic ring is 1. The number of hydrogen-bond acceptors (Lipinski definition) is 3. The number of benzene rings is 2. The molecule has 0 aliphatic carbocycles. The molecule has 2 aromatic carbocycles. The average Bonchev–Trinajstić information content (AvgIpc) is 2.44. The summed E-state index contributed by atoms with van der Waals surface area (Å²) < 4.78 is 11.2. The Hall–Kier alpha value is -1.87. The molecule has 0 aliphatic heterocycles. The highest BCUT2D eigenvalue weighted by molar-refractivity contribution is 6.31. The highest BCUT2D eigenvalue weighted by Gasteiger charge is 1.99. The summed E-state index contributed by atoms with van der Waals surface area (Å²) >= 11 is 5.96. The van der Waals surface area contributed by atoms with Crippen molar-refractivity contribution in [1.29, 1.82) is 0 Å². The van der Waals surface area contributed by atoms with Crippen LogP contribution in [0.5, 0.6) is 11.5 Å². The van der Waals surface area contributed by atoms with E-state index in [1.54, 1.807) is 0 Å². The van der Waals surface area contributed by atoms with Gasteiger partial charge in [0.2, 0.25) is 0 Å². The van der Waals surface area contributed by atoms with Gasteiger partial charge in [0.1, 0.15) is 11.5 Å². The van der Waals surface area contributed by atoms with Crippen molar-refractivity contribution in [2.24, 2.45) is 0 Å². The third kappa shape index (κ3) is 4.35. The molecule has 0 bridgehead atoms. The lowest BCUT2D eigenvalue weighted by Crippen LogP contribution is -2.05. The Kier molecular flexibility index (Phi) is 5.13. The zero-order valence-corrected chi connectivity index (χ0v) is 12.2. The first kappa shape index (κ1) is 14.5. The van der Waals surface area contributed by atoms with E-state index in [1.165, 1.54) is 0 Å². The van der Waals surface area contributed by atoms with Crippen LogP contribution in [0.2, 0.25) is 5.02 Å². The van der Waals surface area contributed by atoms with Gasteiger partial charge in [-0.2, -0.15) is 0 Å². The Morgan fingerprint density at radius 2 is 1.55 bits per heavy atom. The molecule has 0 amide bonds. The Bertz CT molecular complexity index is 555. The first-order valence-corrected chi connectivity index (χ1v) is 6.90. The summed E-state index contributed by atoms with van der Waals surface area (Å²) in [6.45, 7) is 3.17. The SMILES string of the molecule is Cc1cc(OCCCOc2ccc(N)cc2)ccc1Cl. The average molecular weight is 292 g/mol. The Balaban J connectivity index is 1.68. The van der Waals surface area contributed by atoms with Crippen LogP contribution in [0.4, 0.5) is 5.69 Å². The smallest absolute Gasteiger partial charge is 0.119 e. The molecule has 3 nitrogen and oxygen atoms in total. The van der Waals surface area contributed by atoms with Crippen LogP contribution >= 0.6 is 11.6 Å². The highest BCUT2D eigenvalue weighted by Crippen LogP contribution is 2.21. The van der Waals surface area contributed by atoms with Gasteiger partial charge in [-0.1, -0.05) is 11.6 Å². The molecule has 0 aromatic heterocycles. The predicted octanol–water partition coefficient (Wildman–Crippen LogP) is 4.08. The van der Waals surface area contributed by atoms with Crippen molar-refractivity contribution in [3.05, 3.63) is 53.1 Å². The van der Waals surface area contributed by atoms with Gasteiger partial charge in [-0.15, -0.1) is 0 Å². The zero-order valence-electron chi connectivity index (χ0n) is 11.4. The van der Waals surface area contributed by atoms with Crippen LogP contribution in [0.3, 0.4) is 0 Å². The fourth-order valence-electron chi connectivity index (χ4n) is 1.71. The van der Waals surface area contributed by atoms with Gasteiger partial charge in [-0.05, 0) is 55.0 Å². The zero-order chi connectivity index (χ0) is 14.4. The number of nitrogens with two attached hydrogens (primary N) is 1. The largest absolute Gasteiger partial charge is 0.493 e. The molecule has 0 unspecified atom stereocenters. The molecule has 0 saturated carbocycles. The second-order valence-electron chi connectivity index (χ2n) is 4.53. The minimum absolute atomic E-state index is 0.607. The predicted molar refractivity (Wildman–Crippen MR) is 82.7 cm³/mol. The maximum atomic E-state index is 5.96. The molecule has 0 radical (unpaired) electrons. The summed E-state index contributed by atoms with van der Waals surface area (Å²) in [4.78, 5) is 0. The first-order valence-electron chi connectivity index (χ1n) is 6.52. The summed E-state index contributed by atoms with van der Waals surface area (Å²) in [6, 6.07) is 13.0. The number of rotatable bonds is 6. The van der Waals surface area contributed by atoms with Crippen molar-refractivity contribution in [2.45, 2.75) is 13.3 Å². The van der Waals surface area contributed by atoms with Gasteiger partial charge in [0.05, 0.1) is 13.2 Å². The summed E-state index contributed by atoms with van der Waals surface area (Å²) in [6.07, 6.45) is 0.812. The van der Waals surface area contributed by atoms with Gasteiger partial charge < -0.3 is 15.2 Å². The number of hydrogen-bond donors (Lipinski definition) is 1. The lowest BCUT2D eigenvalue weighted by molar-refractivity contribution is 0.247. The van der Waals surface area contributed by atoms with Gasteiger partial charge in [0.25, 0.3) is 0 Å². The van der Waals surface area contributed by atoms with E-state index in [0.29, 0.717) is 13.2 Å². The molecular weight excluding hydrogens is 274 g/mol. The molecule has 2 rings (SSSR count). The van der Waals surface area contributed by atoms with Gasteiger partial charge in [0.15, 0.2) is 0 Å². The monoisotopic (exact) mass is 291 g/mol. The maximum Gasteiger partial charge on any atom is 0.119 e. The minimum atomic E-state index is 0.607. The highest BCUT2D eigenvalue weighted by atomic mass is 35.5. The molecule has 106 valence electrons. The summed E-state index contributed by atoms with van der Waals surface area (Å²) in [7, 11) is 0. The third-order valence-electron chi connectivity index (χ3n) is 2.84. The summed E-state index contributed by atoms with van der Waals surface area (Å²) in [5.41, 5.74) is 7.36. The maximum absolute atomic E-state index is 5.96. The van der Waals surface area contributed by atoms with E-state index in [-0.39, 0.29) is 0 Å². The molecule has 0 fully saturated rings. The van der Waals surface area contributed by atoms with Gasteiger partial charge in [0, 0.05) is 17.1 Å². The number of anilines is 1. The molecular formula is C16H18ClNO2. The van der Waals surface area contributed by atoms with E-state index in [2.05, 4.69) is 0 Å². The van der Waals surface area contributed by atoms with Crippen LogP contribution in [0.1, 0.15) is 12.0 Å². The Morgan fingerprint density at radius 3 is 2.20 bits per heavy atom. The van der Waals surface area contributed by atoms with Crippen LogP contribution < -0.4 is 15.2 Å². The fraction of sp³-hybridized carbons (Fsp3) is 0.250. The van der Waals surface area contributed by atoms with E-state index in [1.807, 2.05) is 49.4 Å². The standard InChI is InChI=1S/C16H18ClNO2/c1-12-11-15(7-8-16(12)17)20-10-2-9-19-14-5-3-13(18)4-6-14/h3-8,11H,2,9-10,18H2,1H3. The summed E-state index contributed by atoms with van der Waals surface area (Å²) in [5, 5.41) is 0.754. The van der Waals surface area contributed by atoms with Crippen molar-refractivity contribution < 1.29 is 9.47 Å². The molecule has 20 heavy (non-hydrogen) atoms. The molecule has 0 aliphatic rings. The third-order valence-corrected chi connectivity index (χ3v) is 3.26. The lowest BCUT2D eigenvalue weighted by Gasteiger charge is -2.09. The topological polar surface area (TPSA) is 44.5 Å². The van der Waals surface area contributed by atoms with E-state index in [4.69, 9.17) is 26.8 Å². The van der Waals surface area contributed by atoms with Crippen molar-refractivity contribution in [2.75, 3.05) is 18.9 Å². The normalized spacial score (nSPS) is 10.3. The van der Waals surface area contributed by atoms with Crippen molar-refractivity contribution in [3.63, 3.8) is 0 Å². The van der Waals surface area contributed by atoms with Crippen LogP contribution in [-0.2, 0) is 0 Å². The number of ether oxygens (including phenoxy) is 2. The van der Waals surface area contributed by atoms with Gasteiger partial charge >= 0.3 is 0 Å². The fourth-order valence-corrected chi connectivity index (χ4v) is 1.83. The molecule has 0 saturated heterocycles. The lowest BCUT2D eigenvalue weighted by atomic mass is 10.2. The molecule has 0 atom stereocenters. The molecule has 2 aromatic rings. The second-order valence-corrected chi connectivity index (χ2v) is 4.94.